The number of esters is 1. The maximum Gasteiger partial charge on any atom is 0.302 e. The molecule has 0 radical (unpaired) electrons. The summed E-state index contributed by atoms with van der Waals surface area (Å²) < 4.78 is 10.7. The number of hydrogen-bond acceptors (Lipinski definition) is 3. The van der Waals surface area contributed by atoms with Gasteiger partial charge in [0, 0.05) is 6.92 Å². The molecular formula is C13H18O3. The van der Waals surface area contributed by atoms with Crippen LogP contribution >= 0.6 is 0 Å². The highest BCUT2D eigenvalue weighted by Crippen LogP contribution is 2.13. The molecule has 0 aliphatic heterocycles. The van der Waals surface area contributed by atoms with Gasteiger partial charge in [0.25, 0.3) is 0 Å². The molecule has 1 atom stereocenters. The minimum absolute atomic E-state index is 0.0590. The van der Waals surface area contributed by atoms with Gasteiger partial charge in [0.15, 0.2) is 0 Å². The molecule has 0 heterocycles. The molecule has 3 heteroatoms. The number of ether oxygens (including phenoxy) is 2. The Morgan fingerprint density at radius 1 is 1.31 bits per heavy atom. The van der Waals surface area contributed by atoms with E-state index in [0.717, 1.165) is 18.6 Å². The van der Waals surface area contributed by atoms with Crippen molar-refractivity contribution in [3.05, 3.63) is 30.3 Å². The zero-order valence-corrected chi connectivity index (χ0v) is 9.81. The van der Waals surface area contributed by atoms with Crippen LogP contribution in [-0.4, -0.2) is 18.7 Å². The van der Waals surface area contributed by atoms with Gasteiger partial charge in [0.05, 0.1) is 0 Å². The highest BCUT2D eigenvalue weighted by Gasteiger charge is 2.11. The van der Waals surface area contributed by atoms with E-state index in [1.54, 1.807) is 0 Å². The van der Waals surface area contributed by atoms with Crippen molar-refractivity contribution in [3.8, 4) is 5.75 Å². The molecule has 3 nitrogen and oxygen atoms in total. The van der Waals surface area contributed by atoms with Crippen molar-refractivity contribution in [3.63, 3.8) is 0 Å². The molecule has 0 aliphatic rings. The van der Waals surface area contributed by atoms with Crippen molar-refractivity contribution in [1.29, 1.82) is 0 Å². The first kappa shape index (κ1) is 12.6. The summed E-state index contributed by atoms with van der Waals surface area (Å²) in [4.78, 5) is 10.7. The summed E-state index contributed by atoms with van der Waals surface area (Å²) in [5, 5.41) is 0. The topological polar surface area (TPSA) is 35.5 Å². The van der Waals surface area contributed by atoms with Crippen molar-refractivity contribution in [1.82, 2.24) is 0 Å². The molecule has 0 spiro atoms. The second-order valence-corrected chi connectivity index (χ2v) is 3.64. The lowest BCUT2D eigenvalue weighted by Gasteiger charge is -2.18. The standard InChI is InChI=1S/C13H18O3/c1-3-7-13(10-15-11(2)14)16-12-8-5-4-6-9-12/h4-6,8-9,13H,3,7,10H2,1-2H3. The Kier molecular flexibility index (Phi) is 5.40. The summed E-state index contributed by atoms with van der Waals surface area (Å²) in [7, 11) is 0. The lowest BCUT2D eigenvalue weighted by Crippen LogP contribution is -2.24. The molecule has 0 saturated heterocycles. The summed E-state index contributed by atoms with van der Waals surface area (Å²) in [5.74, 6) is 0.547. The number of carbonyl (C=O) groups excluding carboxylic acids is 1. The van der Waals surface area contributed by atoms with E-state index >= 15 is 0 Å². The second-order valence-electron chi connectivity index (χ2n) is 3.64. The van der Waals surface area contributed by atoms with Crippen molar-refractivity contribution < 1.29 is 14.3 Å². The van der Waals surface area contributed by atoms with Crippen LogP contribution in [0.25, 0.3) is 0 Å². The van der Waals surface area contributed by atoms with Crippen molar-refractivity contribution in [2.75, 3.05) is 6.61 Å². The van der Waals surface area contributed by atoms with Gasteiger partial charge in [-0.05, 0) is 18.6 Å². The zero-order valence-electron chi connectivity index (χ0n) is 9.81. The third kappa shape index (κ3) is 4.82. The van der Waals surface area contributed by atoms with Crippen molar-refractivity contribution in [2.24, 2.45) is 0 Å². The van der Waals surface area contributed by atoms with E-state index in [-0.39, 0.29) is 12.1 Å². The highest BCUT2D eigenvalue weighted by molar-refractivity contribution is 5.65. The largest absolute Gasteiger partial charge is 0.487 e. The van der Waals surface area contributed by atoms with Gasteiger partial charge in [-0.3, -0.25) is 4.79 Å². The van der Waals surface area contributed by atoms with E-state index in [0.29, 0.717) is 6.61 Å². The van der Waals surface area contributed by atoms with Crippen LogP contribution in [0.15, 0.2) is 30.3 Å². The third-order valence-electron chi connectivity index (χ3n) is 2.13. The quantitative estimate of drug-likeness (QED) is 0.694. The van der Waals surface area contributed by atoms with Crippen LogP contribution in [0.5, 0.6) is 5.75 Å². The summed E-state index contributed by atoms with van der Waals surface area (Å²) in [5.41, 5.74) is 0. The molecule has 88 valence electrons. The molecule has 0 aromatic heterocycles. The summed E-state index contributed by atoms with van der Waals surface area (Å²) in [6, 6.07) is 9.58. The summed E-state index contributed by atoms with van der Waals surface area (Å²) in [6.07, 6.45) is 1.82. The second kappa shape index (κ2) is 6.88. The molecule has 0 N–H and O–H groups in total. The highest BCUT2D eigenvalue weighted by atomic mass is 16.6. The lowest BCUT2D eigenvalue weighted by atomic mass is 10.2. The first-order valence-electron chi connectivity index (χ1n) is 5.57. The number of hydrogen-bond donors (Lipinski definition) is 0. The smallest absolute Gasteiger partial charge is 0.302 e. The fraction of sp³-hybridized carbons (Fsp3) is 0.462. The first-order valence-corrected chi connectivity index (χ1v) is 5.57. The third-order valence-corrected chi connectivity index (χ3v) is 2.13. The van der Waals surface area contributed by atoms with Gasteiger partial charge in [0.1, 0.15) is 18.5 Å². The SMILES string of the molecule is CCCC(COC(C)=O)Oc1ccccc1. The Labute approximate surface area is 96.4 Å². The monoisotopic (exact) mass is 222 g/mol. The van der Waals surface area contributed by atoms with Crippen molar-refractivity contribution in [2.45, 2.75) is 32.8 Å². The van der Waals surface area contributed by atoms with E-state index < -0.39 is 0 Å². The number of para-hydroxylation sites is 1. The van der Waals surface area contributed by atoms with E-state index in [9.17, 15) is 4.79 Å². The Morgan fingerprint density at radius 2 is 2.00 bits per heavy atom. The molecule has 0 saturated carbocycles. The van der Waals surface area contributed by atoms with Crippen LogP contribution in [0.3, 0.4) is 0 Å². The van der Waals surface area contributed by atoms with Crippen LogP contribution in [0.2, 0.25) is 0 Å². The van der Waals surface area contributed by atoms with E-state index in [4.69, 9.17) is 9.47 Å². The molecule has 16 heavy (non-hydrogen) atoms. The van der Waals surface area contributed by atoms with Crippen LogP contribution in [0, 0.1) is 0 Å². The Bertz CT molecular complexity index is 308. The maximum atomic E-state index is 10.7. The minimum Gasteiger partial charge on any atom is -0.487 e. The molecule has 0 fully saturated rings. The number of carbonyl (C=O) groups is 1. The molecule has 1 rings (SSSR count). The fourth-order valence-electron chi connectivity index (χ4n) is 1.40. The molecule has 0 amide bonds. The van der Waals surface area contributed by atoms with E-state index in [2.05, 4.69) is 6.92 Å². The van der Waals surface area contributed by atoms with Crippen molar-refractivity contribution >= 4 is 5.97 Å². The van der Waals surface area contributed by atoms with Crippen LogP contribution in [-0.2, 0) is 9.53 Å². The van der Waals surface area contributed by atoms with Gasteiger partial charge in [-0.1, -0.05) is 31.5 Å². The van der Waals surface area contributed by atoms with Gasteiger partial charge >= 0.3 is 5.97 Å². The first-order chi connectivity index (χ1) is 7.72. The van der Waals surface area contributed by atoms with Crippen LogP contribution in [0.1, 0.15) is 26.7 Å². The summed E-state index contributed by atoms with van der Waals surface area (Å²) >= 11 is 0. The fourth-order valence-corrected chi connectivity index (χ4v) is 1.40. The van der Waals surface area contributed by atoms with Gasteiger partial charge in [0.2, 0.25) is 0 Å². The van der Waals surface area contributed by atoms with Crippen LogP contribution < -0.4 is 4.74 Å². The predicted octanol–water partition coefficient (Wildman–Crippen LogP) is 2.80. The average Bonchev–Trinajstić information content (AvgIpc) is 2.27. The lowest BCUT2D eigenvalue weighted by molar-refractivity contribution is -0.143. The summed E-state index contributed by atoms with van der Waals surface area (Å²) in [6.45, 7) is 3.80. The Hall–Kier alpha value is -1.51. The molecular weight excluding hydrogens is 204 g/mol. The minimum atomic E-state index is -0.266. The Balaban J connectivity index is 2.47. The van der Waals surface area contributed by atoms with Gasteiger partial charge in [-0.25, -0.2) is 0 Å². The molecule has 1 aromatic rings. The Morgan fingerprint density at radius 3 is 2.56 bits per heavy atom. The van der Waals surface area contributed by atoms with Crippen LogP contribution in [0.4, 0.5) is 0 Å². The van der Waals surface area contributed by atoms with E-state index in [1.807, 2.05) is 30.3 Å². The molecule has 1 unspecified atom stereocenters. The molecule has 0 bridgehead atoms. The molecule has 1 aromatic carbocycles. The number of rotatable bonds is 6. The van der Waals surface area contributed by atoms with Gasteiger partial charge in [-0.2, -0.15) is 0 Å². The maximum absolute atomic E-state index is 10.7. The average molecular weight is 222 g/mol. The normalized spacial score (nSPS) is 11.9. The number of benzene rings is 1. The van der Waals surface area contributed by atoms with Gasteiger partial charge in [-0.15, -0.1) is 0 Å². The van der Waals surface area contributed by atoms with E-state index in [1.165, 1.54) is 6.92 Å². The van der Waals surface area contributed by atoms with Gasteiger partial charge < -0.3 is 9.47 Å². The predicted molar refractivity (Wildman–Crippen MR) is 62.4 cm³/mol. The molecule has 0 aliphatic carbocycles. The zero-order chi connectivity index (χ0) is 11.8.